The monoisotopic (exact) mass is 331 g/mol. The Labute approximate surface area is 140 Å². The molecule has 0 saturated heterocycles. The summed E-state index contributed by atoms with van der Waals surface area (Å²) in [6, 6.07) is 10.4. The Morgan fingerprint density at radius 1 is 1.22 bits per heavy atom. The number of ether oxygens (including phenoxy) is 1. The van der Waals surface area contributed by atoms with Crippen molar-refractivity contribution in [1.82, 2.24) is 0 Å². The van der Waals surface area contributed by atoms with Gasteiger partial charge < -0.3 is 10.1 Å². The van der Waals surface area contributed by atoms with Crippen LogP contribution in [0.3, 0.4) is 0 Å². The van der Waals surface area contributed by atoms with Crippen molar-refractivity contribution < 1.29 is 14.3 Å². The molecule has 0 heterocycles. The number of methoxy groups -OCH3 is 1. The van der Waals surface area contributed by atoms with Gasteiger partial charge in [0.05, 0.1) is 13.5 Å². The topological polar surface area (TPSA) is 55.4 Å². The fourth-order valence-corrected chi connectivity index (χ4v) is 2.42. The zero-order valence-corrected chi connectivity index (χ0v) is 14.0. The molecule has 0 fully saturated rings. The maximum absolute atomic E-state index is 12.3. The maximum Gasteiger partial charge on any atom is 0.228 e. The van der Waals surface area contributed by atoms with Crippen LogP contribution in [-0.2, 0) is 11.2 Å². The minimum absolute atomic E-state index is 0.0556. The fourth-order valence-electron chi connectivity index (χ4n) is 2.25. The molecule has 0 aliphatic carbocycles. The Kier molecular flexibility index (Phi) is 5.40. The molecule has 120 valence electrons. The Balaban J connectivity index is 2.21. The summed E-state index contributed by atoms with van der Waals surface area (Å²) >= 11 is 6.05. The number of hydrogen-bond acceptors (Lipinski definition) is 3. The average Bonchev–Trinajstić information content (AvgIpc) is 2.51. The van der Waals surface area contributed by atoms with Crippen molar-refractivity contribution in [2.24, 2.45) is 0 Å². The van der Waals surface area contributed by atoms with Crippen molar-refractivity contribution in [1.29, 1.82) is 0 Å². The first kappa shape index (κ1) is 17.0. The zero-order valence-electron chi connectivity index (χ0n) is 13.3. The van der Waals surface area contributed by atoms with Crippen molar-refractivity contribution in [3.05, 3.63) is 58.1 Å². The summed E-state index contributed by atoms with van der Waals surface area (Å²) in [5.74, 6) is 0.322. The van der Waals surface area contributed by atoms with Crippen LogP contribution in [0.1, 0.15) is 28.4 Å². The molecular formula is C18H18ClNO3. The first-order valence-electron chi connectivity index (χ1n) is 7.15. The lowest BCUT2D eigenvalue weighted by Crippen LogP contribution is -2.16. The summed E-state index contributed by atoms with van der Waals surface area (Å²) < 4.78 is 5.26. The largest absolute Gasteiger partial charge is 0.496 e. The van der Waals surface area contributed by atoms with Crippen LogP contribution in [0.2, 0.25) is 5.02 Å². The average molecular weight is 332 g/mol. The van der Waals surface area contributed by atoms with Crippen LogP contribution >= 0.6 is 11.6 Å². The molecule has 1 amide bonds. The van der Waals surface area contributed by atoms with Crippen molar-refractivity contribution in [3.8, 4) is 5.75 Å². The third-order valence-corrected chi connectivity index (χ3v) is 3.99. The Morgan fingerprint density at radius 3 is 2.61 bits per heavy atom. The standard InChI is InChI=1S/C18H18ClNO3/c1-11-15(19)5-4-6-16(11)20-18(22)10-14-9-13(12(2)21)7-8-17(14)23-3/h4-9H,10H2,1-3H3,(H,20,22). The number of nitrogens with one attached hydrogen (secondary N) is 1. The second-order valence-electron chi connectivity index (χ2n) is 5.22. The number of ketones is 1. The van der Waals surface area contributed by atoms with Gasteiger partial charge in [0.25, 0.3) is 0 Å². The first-order chi connectivity index (χ1) is 10.9. The molecule has 0 aliphatic rings. The number of benzene rings is 2. The van der Waals surface area contributed by atoms with Gasteiger partial charge in [0.15, 0.2) is 5.78 Å². The third kappa shape index (κ3) is 4.11. The van der Waals surface area contributed by atoms with Gasteiger partial charge in [-0.25, -0.2) is 0 Å². The van der Waals surface area contributed by atoms with Gasteiger partial charge in [0, 0.05) is 21.8 Å². The Bertz CT molecular complexity index is 756. The third-order valence-electron chi connectivity index (χ3n) is 3.58. The zero-order chi connectivity index (χ0) is 17.0. The number of anilines is 1. The lowest BCUT2D eigenvalue weighted by atomic mass is 10.0. The van der Waals surface area contributed by atoms with E-state index >= 15 is 0 Å². The summed E-state index contributed by atoms with van der Waals surface area (Å²) in [7, 11) is 1.53. The van der Waals surface area contributed by atoms with E-state index in [0.29, 0.717) is 27.6 Å². The second kappa shape index (κ2) is 7.29. The van der Waals surface area contributed by atoms with Crippen LogP contribution in [0.15, 0.2) is 36.4 Å². The van der Waals surface area contributed by atoms with E-state index < -0.39 is 0 Å². The lowest BCUT2D eigenvalue weighted by Gasteiger charge is -2.12. The number of Topliss-reactive ketones (excluding diaryl/α,β-unsaturated/α-hetero) is 1. The SMILES string of the molecule is COc1ccc(C(C)=O)cc1CC(=O)Nc1cccc(Cl)c1C. The lowest BCUT2D eigenvalue weighted by molar-refractivity contribution is -0.115. The molecule has 2 aromatic rings. The molecule has 0 saturated carbocycles. The van der Waals surface area contributed by atoms with E-state index in [1.54, 1.807) is 36.4 Å². The number of carbonyl (C=O) groups excluding carboxylic acids is 2. The molecular weight excluding hydrogens is 314 g/mol. The smallest absolute Gasteiger partial charge is 0.228 e. The number of hydrogen-bond donors (Lipinski definition) is 1. The number of carbonyl (C=O) groups is 2. The molecule has 5 heteroatoms. The molecule has 0 aliphatic heterocycles. The van der Waals surface area contributed by atoms with Crippen LogP contribution in [0.4, 0.5) is 5.69 Å². The van der Waals surface area contributed by atoms with E-state index in [9.17, 15) is 9.59 Å². The van der Waals surface area contributed by atoms with E-state index in [2.05, 4.69) is 5.32 Å². The van der Waals surface area contributed by atoms with E-state index in [0.717, 1.165) is 5.56 Å². The van der Waals surface area contributed by atoms with Crippen molar-refractivity contribution in [2.45, 2.75) is 20.3 Å². The molecule has 0 spiro atoms. The van der Waals surface area contributed by atoms with Gasteiger partial charge in [-0.3, -0.25) is 9.59 Å². The van der Waals surface area contributed by atoms with E-state index in [4.69, 9.17) is 16.3 Å². The van der Waals surface area contributed by atoms with Crippen LogP contribution in [0, 0.1) is 6.92 Å². The van der Waals surface area contributed by atoms with E-state index in [1.165, 1.54) is 14.0 Å². The summed E-state index contributed by atoms with van der Waals surface area (Å²) in [6.07, 6.45) is 0.107. The predicted molar refractivity (Wildman–Crippen MR) is 91.5 cm³/mol. The minimum atomic E-state index is -0.200. The van der Waals surface area contributed by atoms with Crippen molar-refractivity contribution in [2.75, 3.05) is 12.4 Å². The first-order valence-corrected chi connectivity index (χ1v) is 7.53. The minimum Gasteiger partial charge on any atom is -0.496 e. The van der Waals surface area contributed by atoms with E-state index in [-0.39, 0.29) is 18.1 Å². The number of halogens is 1. The molecule has 0 aromatic heterocycles. The van der Waals surface area contributed by atoms with Gasteiger partial charge in [-0.1, -0.05) is 17.7 Å². The Morgan fingerprint density at radius 2 is 1.96 bits per heavy atom. The van der Waals surface area contributed by atoms with Gasteiger partial charge in [-0.05, 0) is 49.7 Å². The summed E-state index contributed by atoms with van der Waals surface area (Å²) in [6.45, 7) is 3.33. The summed E-state index contributed by atoms with van der Waals surface area (Å²) in [5, 5.41) is 3.43. The highest BCUT2D eigenvalue weighted by atomic mass is 35.5. The quantitative estimate of drug-likeness (QED) is 0.841. The van der Waals surface area contributed by atoms with E-state index in [1.807, 2.05) is 6.92 Å². The summed E-state index contributed by atoms with van der Waals surface area (Å²) in [4.78, 5) is 23.8. The number of rotatable bonds is 5. The van der Waals surface area contributed by atoms with Crippen LogP contribution in [0.25, 0.3) is 0 Å². The highest BCUT2D eigenvalue weighted by Crippen LogP contribution is 2.24. The molecule has 2 rings (SSSR count). The van der Waals surface area contributed by atoms with Crippen LogP contribution in [-0.4, -0.2) is 18.8 Å². The maximum atomic E-state index is 12.3. The molecule has 0 bridgehead atoms. The normalized spacial score (nSPS) is 10.3. The van der Waals surface area contributed by atoms with Gasteiger partial charge in [-0.15, -0.1) is 0 Å². The fraction of sp³-hybridized carbons (Fsp3) is 0.222. The van der Waals surface area contributed by atoms with Crippen LogP contribution in [0.5, 0.6) is 5.75 Å². The molecule has 0 atom stereocenters. The van der Waals surface area contributed by atoms with Gasteiger partial charge >= 0.3 is 0 Å². The second-order valence-corrected chi connectivity index (χ2v) is 5.63. The van der Waals surface area contributed by atoms with Gasteiger partial charge in [0.1, 0.15) is 5.75 Å². The van der Waals surface area contributed by atoms with Crippen molar-refractivity contribution in [3.63, 3.8) is 0 Å². The molecule has 1 N–H and O–H groups in total. The predicted octanol–water partition coefficient (Wildman–Crippen LogP) is 4.04. The van der Waals surface area contributed by atoms with Crippen LogP contribution < -0.4 is 10.1 Å². The molecule has 2 aromatic carbocycles. The Hall–Kier alpha value is -2.33. The number of amides is 1. The molecule has 0 radical (unpaired) electrons. The highest BCUT2D eigenvalue weighted by molar-refractivity contribution is 6.31. The van der Waals surface area contributed by atoms with Gasteiger partial charge in [0.2, 0.25) is 5.91 Å². The molecule has 23 heavy (non-hydrogen) atoms. The molecule has 0 unspecified atom stereocenters. The van der Waals surface area contributed by atoms with Crippen molar-refractivity contribution >= 4 is 29.0 Å². The summed E-state index contributed by atoms with van der Waals surface area (Å²) in [5.41, 5.74) is 2.70. The van der Waals surface area contributed by atoms with Gasteiger partial charge in [-0.2, -0.15) is 0 Å². The molecule has 4 nitrogen and oxygen atoms in total. The highest BCUT2D eigenvalue weighted by Gasteiger charge is 2.13.